The zero-order valence-corrected chi connectivity index (χ0v) is 47.5. The van der Waals surface area contributed by atoms with Crippen molar-refractivity contribution in [1.82, 2.24) is 32.6 Å². The number of hydrogen-bond donors (Lipinski definition) is 6. The first kappa shape index (κ1) is 61.5. The molecular weight excluding hydrogens is 1040 g/mol. The maximum absolute atomic E-state index is 11.5. The largest absolute Gasteiger partial charge is 0.373 e. The van der Waals surface area contributed by atoms with Crippen molar-refractivity contribution in [3.8, 4) is 0 Å². The summed E-state index contributed by atoms with van der Waals surface area (Å²) in [5.74, 6) is 0.635. The van der Waals surface area contributed by atoms with Gasteiger partial charge in [-0.05, 0) is 114 Å². The second kappa shape index (κ2) is 29.5. The van der Waals surface area contributed by atoms with E-state index in [1.165, 1.54) is 0 Å². The minimum atomic E-state index is -0.296. The third-order valence-corrected chi connectivity index (χ3v) is 13.4. The monoisotopic (exact) mass is 1110 g/mol. The molecule has 0 saturated carbocycles. The van der Waals surface area contributed by atoms with E-state index in [1.54, 1.807) is 0 Å². The van der Waals surface area contributed by atoms with Crippen LogP contribution >= 0.6 is 0 Å². The van der Waals surface area contributed by atoms with E-state index in [1.807, 2.05) is 247 Å². The molecule has 3 atom stereocenters. The molecular formula is C62H74N12O8. The average Bonchev–Trinajstić information content (AvgIpc) is 4.35. The van der Waals surface area contributed by atoms with Crippen molar-refractivity contribution < 1.29 is 38.4 Å². The summed E-state index contributed by atoms with van der Waals surface area (Å²) in [6.45, 7) is 16.2. The number of amides is 6. The van der Waals surface area contributed by atoms with Crippen LogP contribution in [0.3, 0.4) is 0 Å². The minimum Gasteiger partial charge on any atom is -0.285 e. The minimum absolute atomic E-state index is 0.0823. The van der Waals surface area contributed by atoms with Crippen LogP contribution in [0.15, 0.2) is 182 Å². The second-order valence-corrected chi connectivity index (χ2v) is 21.2. The van der Waals surface area contributed by atoms with Crippen molar-refractivity contribution in [1.29, 1.82) is 0 Å². The van der Waals surface area contributed by atoms with Crippen molar-refractivity contribution in [2.45, 2.75) is 91.8 Å². The van der Waals surface area contributed by atoms with Gasteiger partial charge in [0.05, 0.1) is 95.4 Å². The molecule has 6 amide bonds. The van der Waals surface area contributed by atoms with Crippen molar-refractivity contribution in [2.24, 2.45) is 11.3 Å². The van der Waals surface area contributed by atoms with Gasteiger partial charge in [0.25, 0.3) is 0 Å². The Morgan fingerprint density at radius 3 is 1.11 bits per heavy atom. The maximum Gasteiger partial charge on any atom is 0.373 e. The number of benzene rings is 6. The van der Waals surface area contributed by atoms with Crippen LogP contribution in [-0.4, -0.2) is 78.9 Å². The molecule has 20 nitrogen and oxygen atoms in total. The lowest BCUT2D eigenvalue weighted by Crippen LogP contribution is -2.44. The van der Waals surface area contributed by atoms with Gasteiger partial charge in [-0.2, -0.15) is 9.59 Å². The summed E-state index contributed by atoms with van der Waals surface area (Å²) in [4.78, 5) is 83.3. The van der Waals surface area contributed by atoms with Crippen LogP contribution < -0.4 is 62.6 Å². The highest BCUT2D eigenvalue weighted by molar-refractivity contribution is 5.87. The number of nitrogens with zero attached hydrogens (tertiary/aromatic N) is 6. The lowest BCUT2D eigenvalue weighted by Gasteiger charge is -2.31. The Morgan fingerprint density at radius 2 is 0.805 bits per heavy atom. The molecule has 6 N–H and O–H groups in total. The number of anilines is 6. The molecule has 6 fully saturated rings. The van der Waals surface area contributed by atoms with E-state index < -0.39 is 0 Å². The quantitative estimate of drug-likeness (QED) is 0.0955. The normalized spacial score (nSPS) is 19.5. The number of hydrazine groups is 6. The fourth-order valence-electron chi connectivity index (χ4n) is 9.14. The number of nitrogens with one attached hydrogen (secondary N) is 6. The van der Waals surface area contributed by atoms with Crippen molar-refractivity contribution in [3.63, 3.8) is 0 Å². The van der Waals surface area contributed by atoms with Crippen LogP contribution in [0.1, 0.15) is 74.1 Å². The van der Waals surface area contributed by atoms with Crippen LogP contribution in [0, 0.1) is 11.3 Å². The summed E-state index contributed by atoms with van der Waals surface area (Å²) >= 11 is 0. The number of hydrogen-bond acceptors (Lipinski definition) is 14. The Kier molecular flexibility index (Phi) is 22.1. The molecule has 6 aliphatic heterocycles. The fraction of sp³-hybridized carbons (Fsp3) is 0.306. The Hall–Kier alpha value is -9.68. The summed E-state index contributed by atoms with van der Waals surface area (Å²) in [5, 5.41) is 11.4. The van der Waals surface area contributed by atoms with Gasteiger partial charge in [0.1, 0.15) is 0 Å². The van der Waals surface area contributed by atoms with Crippen molar-refractivity contribution in [2.75, 3.05) is 49.7 Å². The van der Waals surface area contributed by atoms with Crippen molar-refractivity contribution >= 4 is 75.7 Å². The Labute approximate surface area is 479 Å². The summed E-state index contributed by atoms with van der Waals surface area (Å²) in [6.07, 6.45) is 2.54. The van der Waals surface area contributed by atoms with E-state index in [-0.39, 0.29) is 70.6 Å². The molecule has 6 aliphatic rings. The van der Waals surface area contributed by atoms with E-state index >= 15 is 0 Å². The van der Waals surface area contributed by atoms with Gasteiger partial charge < -0.3 is 0 Å². The molecule has 430 valence electrons. The van der Waals surface area contributed by atoms with Gasteiger partial charge in [-0.25, -0.2) is 0 Å². The van der Waals surface area contributed by atoms with E-state index in [2.05, 4.69) is 46.4 Å². The van der Waals surface area contributed by atoms with Crippen LogP contribution in [0.5, 0.6) is 0 Å². The fourth-order valence-corrected chi connectivity index (χ4v) is 9.14. The summed E-state index contributed by atoms with van der Waals surface area (Å²) in [6, 6.07) is 59.7. The SMILES string of the molecule is CC1(C)CC(=O)NN1c1ccccc1.CC1(C)CN(c2ccccc2)NC1=O.CC1CC(=O)NN1c1ccccc1.CC1CC(=O)NN1c1ccccc1.CC1CN(c2ccccc2)NC1=O.O=C1CCN(c2ccccc2)N1.O=C=O. The molecule has 0 bridgehead atoms. The predicted molar refractivity (Wildman–Crippen MR) is 316 cm³/mol. The lowest BCUT2D eigenvalue weighted by molar-refractivity contribution is -0.191. The van der Waals surface area contributed by atoms with E-state index in [0.29, 0.717) is 25.7 Å². The van der Waals surface area contributed by atoms with Gasteiger partial charge in [0.15, 0.2) is 0 Å². The highest BCUT2D eigenvalue weighted by atomic mass is 16.2. The number of rotatable bonds is 6. The maximum atomic E-state index is 11.5. The summed E-state index contributed by atoms with van der Waals surface area (Å²) in [7, 11) is 0. The van der Waals surface area contributed by atoms with Gasteiger partial charge in [-0.3, -0.25) is 91.4 Å². The van der Waals surface area contributed by atoms with Crippen molar-refractivity contribution in [3.05, 3.63) is 182 Å². The Bertz CT molecular complexity index is 2980. The molecule has 6 aromatic carbocycles. The van der Waals surface area contributed by atoms with E-state index in [4.69, 9.17) is 9.59 Å². The highest BCUT2D eigenvalue weighted by Crippen LogP contribution is 2.29. The van der Waals surface area contributed by atoms with Gasteiger partial charge in [-0.15, -0.1) is 0 Å². The Morgan fingerprint density at radius 1 is 0.427 bits per heavy atom. The topological polar surface area (TPSA) is 228 Å². The third kappa shape index (κ3) is 17.9. The molecule has 12 rings (SSSR count). The predicted octanol–water partition coefficient (Wildman–Crippen LogP) is 7.42. The van der Waals surface area contributed by atoms with Gasteiger partial charge in [-0.1, -0.05) is 116 Å². The molecule has 20 heteroatoms. The number of para-hydroxylation sites is 6. The molecule has 3 unspecified atom stereocenters. The van der Waals surface area contributed by atoms with Crippen LogP contribution in [0.2, 0.25) is 0 Å². The van der Waals surface area contributed by atoms with E-state index in [9.17, 15) is 28.8 Å². The zero-order valence-electron chi connectivity index (χ0n) is 47.5. The molecule has 0 aliphatic carbocycles. The first-order valence-electron chi connectivity index (χ1n) is 27.1. The summed E-state index contributed by atoms with van der Waals surface area (Å²) in [5.41, 5.74) is 22.7. The lowest BCUT2D eigenvalue weighted by atomic mass is 9.94. The Balaban J connectivity index is 0.000000157. The number of carbonyl (C=O) groups is 6. The molecule has 6 aromatic rings. The van der Waals surface area contributed by atoms with Crippen LogP contribution in [0.25, 0.3) is 0 Å². The van der Waals surface area contributed by atoms with Crippen LogP contribution in [-0.2, 0) is 38.4 Å². The van der Waals surface area contributed by atoms with Crippen LogP contribution in [0.4, 0.5) is 34.1 Å². The standard InChI is InChI=1S/2C11H14N2O.3C10H12N2O.C9H10N2O.CO2/c1-11(2)8-13(12-10(11)14)9-6-4-3-5-7-9;1-11(2)8-10(14)12-13(11)9-6-4-3-5-7-9;1-8-7-12(11-10(8)13)9-5-3-2-4-6-9;2*1-8-7-10(13)11-12(8)9-5-3-2-4-6-9;12-9-6-7-11(10-9)8-4-2-1-3-5-8;2-1-3/h2*3-7H,8H2,1-2H3,(H,12,14);3*2-6,8H,7H2,1H3,(H,11,13);1-5H,6-7H2,(H,10,12);. The average molecular weight is 1120 g/mol. The molecule has 6 saturated heterocycles. The molecule has 0 aromatic heterocycles. The van der Waals surface area contributed by atoms with Gasteiger partial charge in [0, 0.05) is 13.0 Å². The first-order valence-corrected chi connectivity index (χ1v) is 27.1. The van der Waals surface area contributed by atoms with E-state index in [0.717, 1.165) is 53.8 Å². The first-order chi connectivity index (χ1) is 39.3. The summed E-state index contributed by atoms with van der Waals surface area (Å²) < 4.78 is 0. The number of carbonyl (C=O) groups excluding carboxylic acids is 8. The van der Waals surface area contributed by atoms with Gasteiger partial charge >= 0.3 is 6.15 Å². The van der Waals surface area contributed by atoms with Gasteiger partial charge in [0.2, 0.25) is 35.4 Å². The highest BCUT2D eigenvalue weighted by Gasteiger charge is 2.39. The molecule has 6 heterocycles. The molecule has 0 spiro atoms. The smallest absolute Gasteiger partial charge is 0.285 e. The molecule has 0 radical (unpaired) electrons. The second-order valence-electron chi connectivity index (χ2n) is 21.2. The third-order valence-electron chi connectivity index (χ3n) is 13.4. The molecule has 82 heavy (non-hydrogen) atoms. The zero-order chi connectivity index (χ0) is 59.2.